The molecule has 306 valence electrons. The fourth-order valence-electron chi connectivity index (χ4n) is 8.56. The number of imide groups is 2. The number of aryl methyl sites for hydroxylation is 1. The molecule has 2 fully saturated rings. The van der Waals surface area contributed by atoms with Crippen molar-refractivity contribution >= 4 is 35.0 Å². The highest BCUT2D eigenvalue weighted by atomic mass is 16.5. The van der Waals surface area contributed by atoms with Crippen molar-refractivity contribution in [2.24, 2.45) is 5.16 Å². The molecule has 0 bridgehead atoms. The van der Waals surface area contributed by atoms with Crippen LogP contribution in [0.2, 0.25) is 0 Å². The molecule has 60 heavy (non-hydrogen) atoms. The Labute approximate surface area is 346 Å². The molecule has 9 rings (SSSR count). The SMILES string of the molecule is O=C1CCC(N2C(=O)c3cccc(N4CCN(CCCOCCOc5ccc(-n6cc(-c7ccc8c(c7)CCC8=NO)c(-c7ccncc7)n6)cc5)CC4)c3C2=O)C(=O)N1. The molecule has 4 aliphatic rings. The third kappa shape index (κ3) is 7.64. The molecule has 0 spiro atoms. The predicted octanol–water partition coefficient (Wildman–Crippen LogP) is 4.73. The third-order valence-corrected chi connectivity index (χ3v) is 11.7. The summed E-state index contributed by atoms with van der Waals surface area (Å²) in [4.78, 5) is 60.7. The van der Waals surface area contributed by atoms with Crippen molar-refractivity contribution in [2.75, 3.05) is 57.4 Å². The second-order valence-corrected chi connectivity index (χ2v) is 15.3. The number of oxime groups is 1. The lowest BCUT2D eigenvalue weighted by Crippen LogP contribution is -2.54. The van der Waals surface area contributed by atoms with Gasteiger partial charge in [-0.05, 0) is 85.3 Å². The monoisotopic (exact) mass is 808 g/mol. The predicted molar refractivity (Wildman–Crippen MR) is 222 cm³/mol. The van der Waals surface area contributed by atoms with Crippen LogP contribution in [0.1, 0.15) is 57.5 Å². The maximum Gasteiger partial charge on any atom is 0.264 e. The minimum atomic E-state index is -0.988. The average Bonchev–Trinajstić information content (AvgIpc) is 3.98. The topological polar surface area (TPSA) is 172 Å². The number of hydrogen-bond donors (Lipinski definition) is 2. The first-order valence-corrected chi connectivity index (χ1v) is 20.3. The number of carbonyl (C=O) groups excluding carboxylic acids is 4. The standard InChI is InChI=1S/C45H44N8O7/c54-40-14-13-39(43(55)47-40)53-44(56)35-3-1-4-38(41(35)45(53)57)51-22-20-50(21-23-51)19-2-24-59-25-26-60-33-9-7-32(8-10-33)52-28-36(42(48-52)29-15-17-46-18-16-29)31-5-11-34-30(27-31)6-12-37(34)49-58/h1,3-5,7-11,15-18,27-28,39,58H,2,6,12-14,19-26H2,(H,47,54,55). The zero-order valence-electron chi connectivity index (χ0n) is 33.0. The first-order chi connectivity index (χ1) is 29.4. The van der Waals surface area contributed by atoms with Crippen molar-refractivity contribution in [3.63, 3.8) is 0 Å². The van der Waals surface area contributed by atoms with Crippen LogP contribution >= 0.6 is 0 Å². The summed E-state index contributed by atoms with van der Waals surface area (Å²) in [6.07, 6.45) is 8.20. The van der Waals surface area contributed by atoms with Gasteiger partial charge in [-0.15, -0.1) is 0 Å². The van der Waals surface area contributed by atoms with Gasteiger partial charge in [-0.2, -0.15) is 5.10 Å². The van der Waals surface area contributed by atoms with Crippen molar-refractivity contribution in [2.45, 2.75) is 38.1 Å². The lowest BCUT2D eigenvalue weighted by atomic mass is 9.98. The van der Waals surface area contributed by atoms with Gasteiger partial charge in [-0.1, -0.05) is 29.4 Å². The molecule has 3 aromatic carbocycles. The highest BCUT2D eigenvalue weighted by Gasteiger charge is 2.46. The van der Waals surface area contributed by atoms with Gasteiger partial charge in [0, 0.05) is 81.0 Å². The first-order valence-electron chi connectivity index (χ1n) is 20.3. The van der Waals surface area contributed by atoms with E-state index in [4.69, 9.17) is 14.6 Å². The van der Waals surface area contributed by atoms with E-state index in [0.717, 1.165) is 94.5 Å². The van der Waals surface area contributed by atoms with E-state index in [9.17, 15) is 24.4 Å². The number of nitrogens with one attached hydrogen (secondary N) is 1. The lowest BCUT2D eigenvalue weighted by molar-refractivity contribution is -0.136. The zero-order valence-corrected chi connectivity index (χ0v) is 33.0. The van der Waals surface area contributed by atoms with Gasteiger partial charge in [-0.3, -0.25) is 39.3 Å². The van der Waals surface area contributed by atoms with E-state index in [-0.39, 0.29) is 12.8 Å². The molecule has 0 radical (unpaired) electrons. The van der Waals surface area contributed by atoms with E-state index < -0.39 is 29.7 Å². The van der Waals surface area contributed by atoms with Crippen molar-refractivity contribution in [3.8, 4) is 33.8 Å². The first kappa shape index (κ1) is 38.8. The number of rotatable bonds is 13. The smallest absolute Gasteiger partial charge is 0.264 e. The van der Waals surface area contributed by atoms with Crippen LogP contribution in [0.3, 0.4) is 0 Å². The normalized spacial score (nSPS) is 18.6. The average molecular weight is 809 g/mol. The number of nitrogens with zero attached hydrogens (tertiary/aromatic N) is 7. The quantitative estimate of drug-likeness (QED) is 0.0729. The largest absolute Gasteiger partial charge is 0.491 e. The van der Waals surface area contributed by atoms with Gasteiger partial charge in [0.2, 0.25) is 11.8 Å². The van der Waals surface area contributed by atoms with Crippen molar-refractivity contribution in [1.82, 2.24) is 29.9 Å². The molecule has 3 aliphatic heterocycles. The van der Waals surface area contributed by atoms with Gasteiger partial charge in [-0.25, -0.2) is 4.68 Å². The van der Waals surface area contributed by atoms with Crippen LogP contribution in [0.25, 0.3) is 28.1 Å². The second kappa shape index (κ2) is 16.9. The van der Waals surface area contributed by atoms with Gasteiger partial charge in [0.25, 0.3) is 11.8 Å². The second-order valence-electron chi connectivity index (χ2n) is 15.3. The van der Waals surface area contributed by atoms with E-state index in [1.165, 1.54) is 0 Å². The highest BCUT2D eigenvalue weighted by Crippen LogP contribution is 2.36. The molecule has 5 heterocycles. The zero-order chi connectivity index (χ0) is 41.2. The molecule has 1 aliphatic carbocycles. The van der Waals surface area contributed by atoms with Crippen LogP contribution in [-0.4, -0.2) is 118 Å². The number of benzene rings is 3. The van der Waals surface area contributed by atoms with E-state index in [2.05, 4.69) is 37.4 Å². The fraction of sp³-hybridized carbons (Fsp3) is 0.311. The summed E-state index contributed by atoms with van der Waals surface area (Å²) in [5.74, 6) is -1.25. The maximum atomic E-state index is 13.6. The van der Waals surface area contributed by atoms with Gasteiger partial charge < -0.3 is 19.6 Å². The Bertz CT molecular complexity index is 2480. The van der Waals surface area contributed by atoms with Crippen LogP contribution in [0.5, 0.6) is 5.75 Å². The Morgan fingerprint density at radius 3 is 2.40 bits per heavy atom. The Morgan fingerprint density at radius 1 is 0.800 bits per heavy atom. The van der Waals surface area contributed by atoms with Crippen LogP contribution in [-0.2, 0) is 20.7 Å². The summed E-state index contributed by atoms with van der Waals surface area (Å²) < 4.78 is 13.8. The Balaban J connectivity index is 0.730. The molecular formula is C45H44N8O7. The molecule has 1 unspecified atom stereocenters. The van der Waals surface area contributed by atoms with E-state index in [1.54, 1.807) is 24.5 Å². The van der Waals surface area contributed by atoms with E-state index >= 15 is 0 Å². The molecule has 15 nitrogen and oxygen atoms in total. The van der Waals surface area contributed by atoms with Gasteiger partial charge in [0.1, 0.15) is 24.1 Å². The van der Waals surface area contributed by atoms with Gasteiger partial charge >= 0.3 is 0 Å². The van der Waals surface area contributed by atoms with E-state index in [0.29, 0.717) is 49.7 Å². The molecule has 2 aromatic heterocycles. The summed E-state index contributed by atoms with van der Waals surface area (Å²) in [5.41, 5.74) is 8.93. The Hall–Kier alpha value is -6.71. The lowest BCUT2D eigenvalue weighted by Gasteiger charge is -2.36. The molecule has 5 aromatic rings. The molecule has 2 saturated heterocycles. The summed E-state index contributed by atoms with van der Waals surface area (Å²) in [6, 6.07) is 22.2. The highest BCUT2D eigenvalue weighted by molar-refractivity contribution is 6.25. The number of anilines is 1. The van der Waals surface area contributed by atoms with Crippen LogP contribution in [0.15, 0.2) is 96.5 Å². The van der Waals surface area contributed by atoms with Crippen molar-refractivity contribution in [3.05, 3.63) is 114 Å². The minimum absolute atomic E-state index is 0.0846. The van der Waals surface area contributed by atoms with E-state index in [1.807, 2.05) is 59.4 Å². The molecule has 0 saturated carbocycles. The van der Waals surface area contributed by atoms with Crippen LogP contribution < -0.4 is 15.0 Å². The number of aromatic nitrogens is 3. The molecule has 1 atom stereocenters. The molecule has 4 amide bonds. The van der Waals surface area contributed by atoms with Crippen LogP contribution in [0.4, 0.5) is 5.69 Å². The van der Waals surface area contributed by atoms with Gasteiger partial charge in [0.05, 0.1) is 34.8 Å². The summed E-state index contributed by atoms with van der Waals surface area (Å²) >= 11 is 0. The number of ether oxygens (including phenoxy) is 2. The van der Waals surface area contributed by atoms with Crippen LogP contribution in [0, 0.1) is 0 Å². The number of piperazine rings is 1. The Morgan fingerprint density at radius 2 is 1.62 bits per heavy atom. The fourth-order valence-corrected chi connectivity index (χ4v) is 8.56. The molecule has 2 N–H and O–H groups in total. The Kier molecular flexibility index (Phi) is 10.9. The van der Waals surface area contributed by atoms with Crippen molar-refractivity contribution in [1.29, 1.82) is 0 Å². The number of hydrogen-bond acceptors (Lipinski definition) is 12. The molecule has 15 heteroatoms. The summed E-state index contributed by atoms with van der Waals surface area (Å²) in [6.45, 7) is 5.31. The summed E-state index contributed by atoms with van der Waals surface area (Å²) in [7, 11) is 0. The number of carbonyl (C=O) groups is 4. The minimum Gasteiger partial charge on any atom is -0.491 e. The van der Waals surface area contributed by atoms with Gasteiger partial charge in [0.15, 0.2) is 0 Å². The molecular weight excluding hydrogens is 765 g/mol. The van der Waals surface area contributed by atoms with Crippen molar-refractivity contribution < 1.29 is 33.9 Å². The number of fused-ring (bicyclic) bond motifs is 2. The number of piperidine rings is 1. The number of pyridine rings is 1. The third-order valence-electron chi connectivity index (χ3n) is 11.7. The maximum absolute atomic E-state index is 13.6. The number of amides is 4. The summed E-state index contributed by atoms with van der Waals surface area (Å²) in [5, 5.41) is 20.1.